The van der Waals surface area contributed by atoms with E-state index in [-0.39, 0.29) is 11.6 Å². The molecule has 0 N–H and O–H groups in total. The molecule has 0 saturated heterocycles. The molecular formula is C11H17NO2. The minimum Gasteiger partial charge on any atom is -0.493 e. The van der Waals surface area contributed by atoms with Gasteiger partial charge in [0.05, 0.1) is 6.61 Å². The van der Waals surface area contributed by atoms with Crippen molar-refractivity contribution < 1.29 is 4.74 Å². The lowest BCUT2D eigenvalue weighted by molar-refractivity contribution is 0.315. The van der Waals surface area contributed by atoms with Gasteiger partial charge in [0.2, 0.25) is 0 Å². The Morgan fingerprint density at radius 3 is 2.71 bits per heavy atom. The third kappa shape index (κ3) is 2.62. The van der Waals surface area contributed by atoms with Crippen LogP contribution >= 0.6 is 0 Å². The van der Waals surface area contributed by atoms with Gasteiger partial charge in [0.1, 0.15) is 5.75 Å². The number of rotatable bonds is 4. The molecule has 0 aliphatic heterocycles. The largest absolute Gasteiger partial charge is 0.493 e. The zero-order valence-electron chi connectivity index (χ0n) is 8.99. The van der Waals surface area contributed by atoms with Gasteiger partial charge in [-0.15, -0.1) is 0 Å². The topological polar surface area (TPSA) is 31.2 Å². The summed E-state index contributed by atoms with van der Waals surface area (Å²) in [5.74, 6) is 0.661. The molecule has 0 fully saturated rings. The minimum absolute atomic E-state index is 0.00592. The van der Waals surface area contributed by atoms with Crippen LogP contribution in [0.4, 0.5) is 0 Å². The van der Waals surface area contributed by atoms with Crippen LogP contribution in [0.3, 0.4) is 0 Å². The Bertz CT molecular complexity index is 341. The van der Waals surface area contributed by atoms with Crippen LogP contribution in [0.25, 0.3) is 0 Å². The normalized spacial score (nSPS) is 10.6. The quantitative estimate of drug-likeness (QED) is 0.737. The average Bonchev–Trinajstić information content (AvgIpc) is 2.14. The van der Waals surface area contributed by atoms with E-state index in [9.17, 15) is 4.79 Å². The van der Waals surface area contributed by atoms with Gasteiger partial charge in [-0.05, 0) is 26.3 Å². The molecule has 78 valence electrons. The summed E-state index contributed by atoms with van der Waals surface area (Å²) < 4.78 is 7.04. The Morgan fingerprint density at radius 1 is 1.50 bits per heavy atom. The molecule has 0 amide bonds. The lowest BCUT2D eigenvalue weighted by Crippen LogP contribution is -2.20. The first-order valence-electron chi connectivity index (χ1n) is 5.00. The Labute approximate surface area is 84.3 Å². The minimum atomic E-state index is -0.00592. The van der Waals surface area contributed by atoms with E-state index in [4.69, 9.17) is 4.74 Å². The Balaban J connectivity index is 2.84. The standard InChI is InChI=1S/C11H17NO2/c1-4-7-14-10-5-6-12(9(2)3)11(13)8-10/h5-6,8-9H,4,7H2,1-3H3. The van der Waals surface area contributed by atoms with E-state index in [2.05, 4.69) is 0 Å². The smallest absolute Gasteiger partial charge is 0.254 e. The molecule has 14 heavy (non-hydrogen) atoms. The molecule has 0 radical (unpaired) electrons. The number of pyridine rings is 1. The van der Waals surface area contributed by atoms with E-state index in [0.29, 0.717) is 12.4 Å². The van der Waals surface area contributed by atoms with E-state index in [0.717, 1.165) is 6.42 Å². The lowest BCUT2D eigenvalue weighted by atomic mass is 10.3. The summed E-state index contributed by atoms with van der Waals surface area (Å²) in [5, 5.41) is 0. The predicted octanol–water partition coefficient (Wildman–Crippen LogP) is 2.22. The Hall–Kier alpha value is -1.25. The highest BCUT2D eigenvalue weighted by molar-refractivity contribution is 5.18. The second kappa shape index (κ2) is 4.84. The number of hydrogen-bond donors (Lipinski definition) is 0. The maximum atomic E-state index is 11.5. The molecule has 1 aromatic rings. The maximum absolute atomic E-state index is 11.5. The van der Waals surface area contributed by atoms with E-state index in [1.54, 1.807) is 10.8 Å². The van der Waals surface area contributed by atoms with Crippen molar-refractivity contribution in [1.29, 1.82) is 0 Å². The van der Waals surface area contributed by atoms with Gasteiger partial charge in [-0.2, -0.15) is 0 Å². The highest BCUT2D eigenvalue weighted by atomic mass is 16.5. The van der Waals surface area contributed by atoms with Gasteiger partial charge in [-0.1, -0.05) is 6.92 Å². The van der Waals surface area contributed by atoms with Crippen molar-refractivity contribution in [2.24, 2.45) is 0 Å². The fraction of sp³-hybridized carbons (Fsp3) is 0.545. The van der Waals surface area contributed by atoms with E-state index in [1.165, 1.54) is 6.07 Å². The Kier molecular flexibility index (Phi) is 3.74. The van der Waals surface area contributed by atoms with Crippen LogP contribution in [0.1, 0.15) is 33.2 Å². The zero-order valence-corrected chi connectivity index (χ0v) is 8.99. The summed E-state index contributed by atoms with van der Waals surface area (Å²) in [6, 6.07) is 3.56. The van der Waals surface area contributed by atoms with Crippen LogP contribution in [-0.2, 0) is 0 Å². The van der Waals surface area contributed by atoms with Crippen molar-refractivity contribution in [2.75, 3.05) is 6.61 Å². The highest BCUT2D eigenvalue weighted by Gasteiger charge is 2.01. The molecule has 0 aliphatic carbocycles. The summed E-state index contributed by atoms with van der Waals surface area (Å²) in [6.45, 7) is 6.66. The molecule has 3 heteroatoms. The molecule has 3 nitrogen and oxygen atoms in total. The second-order valence-corrected chi connectivity index (χ2v) is 3.55. The van der Waals surface area contributed by atoms with Crippen molar-refractivity contribution in [3.63, 3.8) is 0 Å². The molecule has 0 aromatic carbocycles. The SMILES string of the molecule is CCCOc1ccn(C(C)C)c(=O)c1. The zero-order chi connectivity index (χ0) is 10.6. The molecule has 0 unspecified atom stereocenters. The van der Waals surface area contributed by atoms with Crippen LogP contribution < -0.4 is 10.3 Å². The maximum Gasteiger partial charge on any atom is 0.254 e. The summed E-state index contributed by atoms with van der Waals surface area (Å²) >= 11 is 0. The van der Waals surface area contributed by atoms with Gasteiger partial charge >= 0.3 is 0 Å². The van der Waals surface area contributed by atoms with Gasteiger partial charge in [0.15, 0.2) is 0 Å². The first kappa shape index (κ1) is 10.8. The first-order chi connectivity index (χ1) is 6.65. The molecule has 1 heterocycles. The summed E-state index contributed by atoms with van der Waals surface area (Å²) in [6.07, 6.45) is 2.73. The highest BCUT2D eigenvalue weighted by Crippen LogP contribution is 2.08. The third-order valence-electron chi connectivity index (χ3n) is 1.95. The Morgan fingerprint density at radius 2 is 2.21 bits per heavy atom. The summed E-state index contributed by atoms with van der Waals surface area (Å²) in [4.78, 5) is 11.5. The van der Waals surface area contributed by atoms with Crippen molar-refractivity contribution in [3.8, 4) is 5.75 Å². The number of nitrogens with zero attached hydrogens (tertiary/aromatic N) is 1. The third-order valence-corrected chi connectivity index (χ3v) is 1.95. The molecule has 1 rings (SSSR count). The second-order valence-electron chi connectivity index (χ2n) is 3.55. The molecular weight excluding hydrogens is 178 g/mol. The van der Waals surface area contributed by atoms with Crippen molar-refractivity contribution in [1.82, 2.24) is 4.57 Å². The molecule has 0 aliphatic rings. The van der Waals surface area contributed by atoms with E-state index >= 15 is 0 Å². The fourth-order valence-corrected chi connectivity index (χ4v) is 1.21. The number of aromatic nitrogens is 1. The van der Waals surface area contributed by atoms with Crippen molar-refractivity contribution in [3.05, 3.63) is 28.7 Å². The number of ether oxygens (including phenoxy) is 1. The van der Waals surface area contributed by atoms with E-state index < -0.39 is 0 Å². The van der Waals surface area contributed by atoms with Gasteiger partial charge < -0.3 is 9.30 Å². The molecule has 1 aromatic heterocycles. The van der Waals surface area contributed by atoms with Crippen LogP contribution in [0.2, 0.25) is 0 Å². The molecule has 0 atom stereocenters. The van der Waals surface area contributed by atoms with Gasteiger partial charge in [0.25, 0.3) is 5.56 Å². The van der Waals surface area contributed by atoms with Gasteiger partial charge in [-0.25, -0.2) is 0 Å². The fourth-order valence-electron chi connectivity index (χ4n) is 1.21. The van der Waals surface area contributed by atoms with Crippen LogP contribution in [0.5, 0.6) is 5.75 Å². The van der Waals surface area contributed by atoms with Crippen LogP contribution in [0, 0.1) is 0 Å². The molecule has 0 bridgehead atoms. The van der Waals surface area contributed by atoms with Crippen molar-refractivity contribution >= 4 is 0 Å². The van der Waals surface area contributed by atoms with Crippen LogP contribution in [0.15, 0.2) is 23.1 Å². The molecule has 0 spiro atoms. The summed E-state index contributed by atoms with van der Waals surface area (Å²) in [5.41, 5.74) is -0.00592. The molecule has 0 saturated carbocycles. The predicted molar refractivity (Wildman–Crippen MR) is 56.9 cm³/mol. The van der Waals surface area contributed by atoms with E-state index in [1.807, 2.05) is 26.8 Å². The average molecular weight is 195 g/mol. The first-order valence-corrected chi connectivity index (χ1v) is 5.00. The summed E-state index contributed by atoms with van der Waals surface area (Å²) in [7, 11) is 0. The van der Waals surface area contributed by atoms with Gasteiger partial charge in [0, 0.05) is 18.3 Å². The van der Waals surface area contributed by atoms with Crippen LogP contribution in [-0.4, -0.2) is 11.2 Å². The monoisotopic (exact) mass is 195 g/mol. The van der Waals surface area contributed by atoms with Gasteiger partial charge in [-0.3, -0.25) is 4.79 Å². The lowest BCUT2D eigenvalue weighted by Gasteiger charge is -2.10. The van der Waals surface area contributed by atoms with Crippen molar-refractivity contribution in [2.45, 2.75) is 33.2 Å². The number of hydrogen-bond acceptors (Lipinski definition) is 2.